The Kier molecular flexibility index (Phi) is 4.38. The number of thiophene rings is 1. The average Bonchev–Trinajstić information content (AvgIpc) is 2.68. The summed E-state index contributed by atoms with van der Waals surface area (Å²) >= 11 is 10.1. The van der Waals surface area contributed by atoms with E-state index < -0.39 is 0 Å². The monoisotopic (exact) mass is 261 g/mol. The number of nitrogens with one attached hydrogen (secondary N) is 1. The van der Waals surface area contributed by atoms with Gasteiger partial charge in [0.15, 0.2) is 0 Å². The average molecular weight is 262 g/mol. The van der Waals surface area contributed by atoms with Crippen molar-refractivity contribution in [3.05, 3.63) is 21.3 Å². The van der Waals surface area contributed by atoms with Crippen molar-refractivity contribution in [2.75, 3.05) is 12.8 Å². The lowest BCUT2D eigenvalue weighted by atomic mass is 10.1. The molecule has 15 heavy (non-hydrogen) atoms. The Hall–Kier alpha value is 0.300. The fourth-order valence-corrected chi connectivity index (χ4v) is 4.95. The molecule has 1 aromatic heterocycles. The number of halogens is 1. The molecule has 0 amide bonds. The Balaban J connectivity index is 2.12. The lowest BCUT2D eigenvalue weighted by Gasteiger charge is -2.29. The van der Waals surface area contributed by atoms with E-state index in [1.807, 2.05) is 13.1 Å². The lowest BCUT2D eigenvalue weighted by Crippen LogP contribution is -2.28. The van der Waals surface area contributed by atoms with Crippen LogP contribution in [-0.2, 0) is 0 Å². The fraction of sp³-hybridized carbons (Fsp3) is 0.636. The van der Waals surface area contributed by atoms with Gasteiger partial charge in [-0.3, -0.25) is 0 Å². The predicted molar refractivity (Wildman–Crippen MR) is 71.2 cm³/mol. The molecule has 1 nitrogen and oxygen atoms in total. The number of hydrogen-bond acceptors (Lipinski definition) is 3. The van der Waals surface area contributed by atoms with E-state index in [0.29, 0.717) is 11.3 Å². The van der Waals surface area contributed by atoms with Crippen LogP contribution in [0.5, 0.6) is 0 Å². The van der Waals surface area contributed by atoms with Gasteiger partial charge in [0.1, 0.15) is 0 Å². The zero-order valence-corrected chi connectivity index (χ0v) is 11.2. The molecule has 0 radical (unpaired) electrons. The summed E-state index contributed by atoms with van der Waals surface area (Å²) in [7, 11) is 2.04. The predicted octanol–water partition coefficient (Wildman–Crippen LogP) is 3.95. The van der Waals surface area contributed by atoms with Gasteiger partial charge >= 0.3 is 0 Å². The van der Waals surface area contributed by atoms with Crippen molar-refractivity contribution in [1.82, 2.24) is 5.32 Å². The molecule has 2 heterocycles. The molecule has 0 saturated carbocycles. The van der Waals surface area contributed by atoms with Gasteiger partial charge in [0.05, 0.1) is 11.1 Å². The van der Waals surface area contributed by atoms with E-state index >= 15 is 0 Å². The van der Waals surface area contributed by atoms with Crippen molar-refractivity contribution in [3.63, 3.8) is 0 Å². The van der Waals surface area contributed by atoms with Gasteiger partial charge in [-0.15, -0.1) is 11.3 Å². The Bertz CT molecular complexity index is 307. The van der Waals surface area contributed by atoms with Gasteiger partial charge in [-0.2, -0.15) is 11.8 Å². The molecule has 1 aliphatic rings. The maximum atomic E-state index is 6.19. The minimum atomic E-state index is 0.433. The molecular weight excluding hydrogens is 246 g/mol. The molecule has 0 aromatic carbocycles. The normalized spacial score (nSPS) is 24.0. The molecule has 4 heteroatoms. The van der Waals surface area contributed by atoms with E-state index in [4.69, 9.17) is 11.6 Å². The summed E-state index contributed by atoms with van der Waals surface area (Å²) < 4.78 is 0. The highest BCUT2D eigenvalue weighted by Gasteiger charge is 2.26. The van der Waals surface area contributed by atoms with Gasteiger partial charge in [0.2, 0.25) is 0 Å². The third-order valence-corrected chi connectivity index (χ3v) is 5.73. The van der Waals surface area contributed by atoms with Crippen LogP contribution >= 0.6 is 34.7 Å². The van der Waals surface area contributed by atoms with Crippen LogP contribution in [0.1, 0.15) is 30.2 Å². The molecular formula is C11H16ClNS2. The van der Waals surface area contributed by atoms with Crippen molar-refractivity contribution in [3.8, 4) is 0 Å². The standard InChI is InChI=1S/C11H16ClNS2/c1-13-10(9-4-2-3-6-14-9)11-8(12)5-7-15-11/h5,7,9-10,13H,2-4,6H2,1H3. The summed E-state index contributed by atoms with van der Waals surface area (Å²) in [6, 6.07) is 2.43. The topological polar surface area (TPSA) is 12.0 Å². The zero-order chi connectivity index (χ0) is 10.7. The van der Waals surface area contributed by atoms with Crippen molar-refractivity contribution in [2.45, 2.75) is 30.6 Å². The third kappa shape index (κ3) is 2.70. The minimum absolute atomic E-state index is 0.433. The molecule has 0 aliphatic carbocycles. The second-order valence-corrected chi connectivity index (χ2v) is 6.51. The first kappa shape index (κ1) is 11.8. The van der Waals surface area contributed by atoms with E-state index in [-0.39, 0.29) is 0 Å². The highest BCUT2D eigenvalue weighted by Crippen LogP contribution is 2.39. The quantitative estimate of drug-likeness (QED) is 0.884. The van der Waals surface area contributed by atoms with Gasteiger partial charge in [0.25, 0.3) is 0 Å². The molecule has 1 N–H and O–H groups in total. The molecule has 2 atom stereocenters. The molecule has 2 unspecified atom stereocenters. The number of thioether (sulfide) groups is 1. The smallest absolute Gasteiger partial charge is 0.0561 e. The van der Waals surface area contributed by atoms with Gasteiger partial charge in [-0.25, -0.2) is 0 Å². The molecule has 1 aromatic rings. The van der Waals surface area contributed by atoms with Crippen LogP contribution in [0.3, 0.4) is 0 Å². The summed E-state index contributed by atoms with van der Waals surface area (Å²) in [5.41, 5.74) is 0. The third-order valence-electron chi connectivity index (χ3n) is 2.82. The summed E-state index contributed by atoms with van der Waals surface area (Å²) in [5.74, 6) is 1.30. The second-order valence-electron chi connectivity index (χ2n) is 3.80. The van der Waals surface area contributed by atoms with Crippen LogP contribution in [0.2, 0.25) is 5.02 Å². The molecule has 2 rings (SSSR count). The first-order valence-electron chi connectivity index (χ1n) is 5.34. The van der Waals surface area contributed by atoms with Crippen LogP contribution in [0.4, 0.5) is 0 Å². The maximum Gasteiger partial charge on any atom is 0.0561 e. The Morgan fingerprint density at radius 1 is 1.53 bits per heavy atom. The molecule has 1 fully saturated rings. The summed E-state index contributed by atoms with van der Waals surface area (Å²) in [6.07, 6.45) is 4.04. The summed E-state index contributed by atoms with van der Waals surface area (Å²) in [5, 5.41) is 7.12. The van der Waals surface area contributed by atoms with E-state index in [2.05, 4.69) is 22.5 Å². The van der Waals surface area contributed by atoms with E-state index in [1.54, 1.807) is 11.3 Å². The SMILES string of the molecule is CNC(c1sccc1Cl)C1CCCCS1. The van der Waals surface area contributed by atoms with Crippen molar-refractivity contribution in [1.29, 1.82) is 0 Å². The van der Waals surface area contributed by atoms with Gasteiger partial charge in [-0.1, -0.05) is 18.0 Å². The minimum Gasteiger partial charge on any atom is -0.311 e. The van der Waals surface area contributed by atoms with Crippen molar-refractivity contribution in [2.24, 2.45) is 0 Å². The molecule has 1 saturated heterocycles. The first-order chi connectivity index (χ1) is 7.33. The molecule has 0 spiro atoms. The Morgan fingerprint density at radius 3 is 2.93 bits per heavy atom. The highest BCUT2D eigenvalue weighted by atomic mass is 35.5. The van der Waals surface area contributed by atoms with E-state index in [9.17, 15) is 0 Å². The largest absolute Gasteiger partial charge is 0.311 e. The van der Waals surface area contributed by atoms with Crippen LogP contribution < -0.4 is 5.32 Å². The van der Waals surface area contributed by atoms with Crippen LogP contribution in [0, 0.1) is 0 Å². The van der Waals surface area contributed by atoms with E-state index in [0.717, 1.165) is 5.02 Å². The van der Waals surface area contributed by atoms with Crippen LogP contribution in [-0.4, -0.2) is 18.1 Å². The van der Waals surface area contributed by atoms with Gasteiger partial charge < -0.3 is 5.32 Å². The lowest BCUT2D eigenvalue weighted by molar-refractivity contribution is 0.523. The molecule has 1 aliphatic heterocycles. The summed E-state index contributed by atoms with van der Waals surface area (Å²) in [6.45, 7) is 0. The fourth-order valence-electron chi connectivity index (χ4n) is 2.04. The second kappa shape index (κ2) is 5.58. The van der Waals surface area contributed by atoms with E-state index in [1.165, 1.54) is 29.9 Å². The number of hydrogen-bond donors (Lipinski definition) is 1. The van der Waals surface area contributed by atoms with Gasteiger partial charge in [0, 0.05) is 10.1 Å². The zero-order valence-electron chi connectivity index (χ0n) is 8.83. The Labute approximate surface area is 105 Å². The first-order valence-corrected chi connectivity index (χ1v) is 7.65. The number of rotatable bonds is 3. The van der Waals surface area contributed by atoms with Gasteiger partial charge in [-0.05, 0) is 37.1 Å². The Morgan fingerprint density at radius 2 is 2.40 bits per heavy atom. The molecule has 0 bridgehead atoms. The van der Waals surface area contributed by atoms with Crippen LogP contribution in [0.25, 0.3) is 0 Å². The van der Waals surface area contributed by atoms with Crippen molar-refractivity contribution >= 4 is 34.7 Å². The molecule has 84 valence electrons. The van der Waals surface area contributed by atoms with Crippen molar-refractivity contribution < 1.29 is 0 Å². The maximum absolute atomic E-state index is 6.19. The highest BCUT2D eigenvalue weighted by molar-refractivity contribution is 8.00. The van der Waals surface area contributed by atoms with Crippen LogP contribution in [0.15, 0.2) is 11.4 Å². The summed E-state index contributed by atoms with van der Waals surface area (Å²) in [4.78, 5) is 1.30.